The van der Waals surface area contributed by atoms with Crippen molar-refractivity contribution >= 4 is 0 Å². The van der Waals surface area contributed by atoms with Crippen molar-refractivity contribution in [3.05, 3.63) is 0 Å². The molecule has 0 spiro atoms. The predicted molar refractivity (Wildman–Crippen MR) is 55.5 cm³/mol. The minimum absolute atomic E-state index is 0.463. The zero-order chi connectivity index (χ0) is 9.45. The molecule has 0 aliphatic carbocycles. The minimum atomic E-state index is 0.463. The summed E-state index contributed by atoms with van der Waals surface area (Å²) < 4.78 is 0. The van der Waals surface area contributed by atoms with Crippen molar-refractivity contribution in [1.82, 2.24) is 10.6 Å². The quantitative estimate of drug-likeness (QED) is 0.595. The maximum absolute atomic E-state index is 3.41. The van der Waals surface area contributed by atoms with E-state index in [0.29, 0.717) is 5.41 Å². The molecule has 2 heteroatoms. The molecule has 12 heavy (non-hydrogen) atoms. The Balaban J connectivity index is 3.01. The van der Waals surface area contributed by atoms with Gasteiger partial charge in [-0.3, -0.25) is 0 Å². The van der Waals surface area contributed by atoms with Crippen LogP contribution in [0.3, 0.4) is 0 Å². The van der Waals surface area contributed by atoms with Gasteiger partial charge in [0.05, 0.1) is 0 Å². The van der Waals surface area contributed by atoms with Crippen LogP contribution >= 0.6 is 0 Å². The van der Waals surface area contributed by atoms with Crippen LogP contribution in [0.5, 0.6) is 0 Å². The molecule has 0 saturated carbocycles. The van der Waals surface area contributed by atoms with Crippen molar-refractivity contribution in [1.29, 1.82) is 0 Å². The molecule has 74 valence electrons. The molecule has 0 aromatic carbocycles. The lowest BCUT2D eigenvalue weighted by molar-refractivity contribution is 0.367. The highest BCUT2D eigenvalue weighted by Gasteiger charge is 2.08. The van der Waals surface area contributed by atoms with Crippen molar-refractivity contribution in [3.8, 4) is 0 Å². The van der Waals surface area contributed by atoms with Crippen LogP contribution in [0.15, 0.2) is 0 Å². The summed E-state index contributed by atoms with van der Waals surface area (Å²) in [5.41, 5.74) is 0.463. The van der Waals surface area contributed by atoms with E-state index >= 15 is 0 Å². The first-order valence-corrected chi connectivity index (χ1v) is 4.97. The molecule has 0 atom stereocenters. The number of nitrogens with one attached hydrogen (secondary N) is 2. The number of rotatable bonds is 6. The highest BCUT2D eigenvalue weighted by Crippen LogP contribution is 2.16. The van der Waals surface area contributed by atoms with Gasteiger partial charge < -0.3 is 10.6 Å². The van der Waals surface area contributed by atoms with Crippen LogP contribution in [0.25, 0.3) is 0 Å². The van der Waals surface area contributed by atoms with Gasteiger partial charge in [-0.15, -0.1) is 0 Å². The summed E-state index contributed by atoms with van der Waals surface area (Å²) >= 11 is 0. The summed E-state index contributed by atoms with van der Waals surface area (Å²) in [6, 6.07) is 0. The zero-order valence-corrected chi connectivity index (χ0v) is 9.04. The Labute approximate surface area is 77.1 Å². The lowest BCUT2D eigenvalue weighted by Gasteiger charge is -2.18. The van der Waals surface area contributed by atoms with Crippen LogP contribution in [0.1, 0.15) is 34.1 Å². The first-order valence-electron chi connectivity index (χ1n) is 4.97. The lowest BCUT2D eigenvalue weighted by Crippen LogP contribution is -2.29. The van der Waals surface area contributed by atoms with E-state index < -0.39 is 0 Å². The van der Waals surface area contributed by atoms with E-state index in [2.05, 4.69) is 38.3 Å². The van der Waals surface area contributed by atoms with Crippen molar-refractivity contribution in [3.63, 3.8) is 0 Å². The second kappa shape index (κ2) is 6.44. The SMILES string of the molecule is CCNCCNCCC(C)(C)C. The van der Waals surface area contributed by atoms with Gasteiger partial charge in [0, 0.05) is 13.1 Å². The molecule has 0 bridgehead atoms. The minimum Gasteiger partial charge on any atom is -0.316 e. The fourth-order valence-electron chi connectivity index (χ4n) is 0.942. The third kappa shape index (κ3) is 9.92. The molecular weight excluding hydrogens is 148 g/mol. The van der Waals surface area contributed by atoms with Crippen LogP contribution in [0.2, 0.25) is 0 Å². The summed E-state index contributed by atoms with van der Waals surface area (Å²) in [6.45, 7) is 13.3. The van der Waals surface area contributed by atoms with Gasteiger partial charge >= 0.3 is 0 Å². The lowest BCUT2D eigenvalue weighted by atomic mass is 9.92. The van der Waals surface area contributed by atoms with E-state index in [0.717, 1.165) is 26.2 Å². The average molecular weight is 172 g/mol. The monoisotopic (exact) mass is 172 g/mol. The Morgan fingerprint density at radius 1 is 0.917 bits per heavy atom. The van der Waals surface area contributed by atoms with Crippen LogP contribution in [-0.2, 0) is 0 Å². The molecule has 2 nitrogen and oxygen atoms in total. The Hall–Kier alpha value is -0.0800. The second-order valence-corrected chi connectivity index (χ2v) is 4.41. The predicted octanol–water partition coefficient (Wildman–Crippen LogP) is 1.62. The van der Waals surface area contributed by atoms with Gasteiger partial charge in [-0.05, 0) is 24.9 Å². The van der Waals surface area contributed by atoms with Crippen LogP contribution in [0, 0.1) is 5.41 Å². The van der Waals surface area contributed by atoms with Crippen LogP contribution < -0.4 is 10.6 Å². The van der Waals surface area contributed by atoms with Crippen molar-refractivity contribution in [2.75, 3.05) is 26.2 Å². The van der Waals surface area contributed by atoms with Gasteiger partial charge in [0.1, 0.15) is 0 Å². The summed E-state index contributed by atoms with van der Waals surface area (Å²) in [6.07, 6.45) is 1.25. The normalized spacial score (nSPS) is 12.0. The van der Waals surface area contributed by atoms with E-state index in [9.17, 15) is 0 Å². The molecule has 0 aromatic rings. The van der Waals surface area contributed by atoms with Gasteiger partial charge in [0.2, 0.25) is 0 Å². The van der Waals surface area contributed by atoms with Gasteiger partial charge in [-0.1, -0.05) is 27.7 Å². The van der Waals surface area contributed by atoms with E-state index in [4.69, 9.17) is 0 Å². The second-order valence-electron chi connectivity index (χ2n) is 4.41. The van der Waals surface area contributed by atoms with Gasteiger partial charge in [-0.2, -0.15) is 0 Å². The Morgan fingerprint density at radius 2 is 1.50 bits per heavy atom. The smallest absolute Gasteiger partial charge is 0.00767 e. The maximum atomic E-state index is 3.41. The molecule has 0 aliphatic rings. The highest BCUT2D eigenvalue weighted by molar-refractivity contribution is 4.63. The number of hydrogen-bond acceptors (Lipinski definition) is 2. The van der Waals surface area contributed by atoms with Gasteiger partial charge in [0.15, 0.2) is 0 Å². The fraction of sp³-hybridized carbons (Fsp3) is 1.00. The summed E-state index contributed by atoms with van der Waals surface area (Å²) in [7, 11) is 0. The molecule has 0 fully saturated rings. The molecule has 0 rings (SSSR count). The Kier molecular flexibility index (Phi) is 6.39. The largest absolute Gasteiger partial charge is 0.316 e. The topological polar surface area (TPSA) is 24.1 Å². The third-order valence-electron chi connectivity index (χ3n) is 1.78. The maximum Gasteiger partial charge on any atom is 0.00767 e. The molecule has 0 saturated heterocycles. The van der Waals surface area contributed by atoms with Crippen molar-refractivity contribution in [2.45, 2.75) is 34.1 Å². The fourth-order valence-corrected chi connectivity index (χ4v) is 0.942. The standard InChI is InChI=1S/C10H24N2/c1-5-11-8-9-12-7-6-10(2,3)4/h11-12H,5-9H2,1-4H3. The summed E-state index contributed by atoms with van der Waals surface area (Å²) in [5, 5.41) is 6.70. The van der Waals surface area contributed by atoms with E-state index in [1.54, 1.807) is 0 Å². The van der Waals surface area contributed by atoms with E-state index in [1.165, 1.54) is 6.42 Å². The van der Waals surface area contributed by atoms with Gasteiger partial charge in [0.25, 0.3) is 0 Å². The molecule has 0 aromatic heterocycles. The molecular formula is C10H24N2. The average Bonchev–Trinajstić information content (AvgIpc) is 1.94. The third-order valence-corrected chi connectivity index (χ3v) is 1.78. The van der Waals surface area contributed by atoms with Crippen LogP contribution in [-0.4, -0.2) is 26.2 Å². The van der Waals surface area contributed by atoms with E-state index in [-0.39, 0.29) is 0 Å². The first kappa shape index (κ1) is 11.9. The van der Waals surface area contributed by atoms with Crippen LogP contribution in [0.4, 0.5) is 0 Å². The number of hydrogen-bond donors (Lipinski definition) is 2. The Bertz CT molecular complexity index is 94.5. The van der Waals surface area contributed by atoms with Crippen molar-refractivity contribution < 1.29 is 0 Å². The molecule has 2 N–H and O–H groups in total. The number of likely N-dealkylation sites (N-methyl/N-ethyl adjacent to an activating group) is 1. The Morgan fingerprint density at radius 3 is 2.00 bits per heavy atom. The molecule has 0 unspecified atom stereocenters. The summed E-state index contributed by atoms with van der Waals surface area (Å²) in [5.74, 6) is 0. The summed E-state index contributed by atoms with van der Waals surface area (Å²) in [4.78, 5) is 0. The first-order chi connectivity index (χ1) is 5.56. The van der Waals surface area contributed by atoms with Crippen molar-refractivity contribution in [2.24, 2.45) is 5.41 Å². The van der Waals surface area contributed by atoms with Gasteiger partial charge in [-0.25, -0.2) is 0 Å². The molecule has 0 heterocycles. The molecule has 0 radical (unpaired) electrons. The zero-order valence-electron chi connectivity index (χ0n) is 9.04. The highest BCUT2D eigenvalue weighted by atomic mass is 14.9. The molecule has 0 amide bonds. The molecule has 0 aliphatic heterocycles. The van der Waals surface area contributed by atoms with E-state index in [1.807, 2.05) is 0 Å².